The van der Waals surface area contributed by atoms with Crippen LogP contribution in [0.5, 0.6) is 0 Å². The van der Waals surface area contributed by atoms with E-state index in [1.165, 1.54) is 11.8 Å². The molecule has 2 aromatic rings. The summed E-state index contributed by atoms with van der Waals surface area (Å²) in [4.78, 5) is 9.48. The van der Waals surface area contributed by atoms with Gasteiger partial charge in [-0.2, -0.15) is 0 Å². The summed E-state index contributed by atoms with van der Waals surface area (Å²) in [6, 6.07) is 17.5. The highest BCUT2D eigenvalue weighted by atomic mass is 127. The van der Waals surface area contributed by atoms with E-state index in [1.54, 1.807) is 19.2 Å². The Morgan fingerprint density at radius 3 is 2.14 bits per heavy atom. The molecule has 0 atom stereocenters. The molecule has 6 nitrogen and oxygen atoms in total. The zero-order valence-corrected chi connectivity index (χ0v) is 20.1. The summed E-state index contributed by atoms with van der Waals surface area (Å²) < 4.78 is 23.1. The molecule has 1 N–H and O–H groups in total. The van der Waals surface area contributed by atoms with Gasteiger partial charge in [0.05, 0.1) is 4.90 Å². The first-order valence-corrected chi connectivity index (χ1v) is 11.4. The van der Waals surface area contributed by atoms with Crippen LogP contribution in [0.3, 0.4) is 0 Å². The van der Waals surface area contributed by atoms with E-state index in [4.69, 9.17) is 0 Å². The molecule has 29 heavy (non-hydrogen) atoms. The third-order valence-electron chi connectivity index (χ3n) is 4.93. The number of sulfone groups is 1. The Hall–Kier alpha value is -1.65. The summed E-state index contributed by atoms with van der Waals surface area (Å²) in [5, 5.41) is 3.39. The fraction of sp³-hybridized carbons (Fsp3) is 0.381. The third-order valence-corrected chi connectivity index (χ3v) is 6.06. The summed E-state index contributed by atoms with van der Waals surface area (Å²) in [5.74, 6) is 0.881. The van der Waals surface area contributed by atoms with Gasteiger partial charge in [-0.25, -0.2) is 8.42 Å². The van der Waals surface area contributed by atoms with Gasteiger partial charge in [0.15, 0.2) is 15.8 Å². The molecule has 0 bridgehead atoms. The molecule has 0 aliphatic carbocycles. The van der Waals surface area contributed by atoms with E-state index in [2.05, 4.69) is 44.4 Å². The third kappa shape index (κ3) is 6.97. The predicted octanol–water partition coefficient (Wildman–Crippen LogP) is 2.60. The smallest absolute Gasteiger partial charge is 0.194 e. The largest absolute Gasteiger partial charge is 0.352 e. The van der Waals surface area contributed by atoms with Crippen molar-refractivity contribution >= 4 is 39.8 Å². The van der Waals surface area contributed by atoms with Gasteiger partial charge in [0.2, 0.25) is 0 Å². The number of hydrogen-bond donors (Lipinski definition) is 1. The molecule has 8 heteroatoms. The second-order valence-electron chi connectivity index (χ2n) is 7.07. The second kappa shape index (κ2) is 10.9. The number of rotatable bonds is 5. The van der Waals surface area contributed by atoms with Gasteiger partial charge in [0.1, 0.15) is 0 Å². The Morgan fingerprint density at radius 1 is 0.966 bits per heavy atom. The first-order valence-electron chi connectivity index (χ1n) is 9.46. The van der Waals surface area contributed by atoms with Crippen molar-refractivity contribution in [2.24, 2.45) is 4.99 Å². The van der Waals surface area contributed by atoms with Crippen molar-refractivity contribution in [3.8, 4) is 0 Å². The summed E-state index contributed by atoms with van der Waals surface area (Å²) in [6.07, 6.45) is 1.22. The molecule has 0 spiro atoms. The fourth-order valence-electron chi connectivity index (χ4n) is 3.33. The van der Waals surface area contributed by atoms with E-state index in [1.807, 2.05) is 18.2 Å². The van der Waals surface area contributed by atoms with Gasteiger partial charge < -0.3 is 10.2 Å². The average Bonchev–Trinajstić information content (AvgIpc) is 2.70. The van der Waals surface area contributed by atoms with Gasteiger partial charge in [0.25, 0.3) is 0 Å². The SMILES string of the molecule is CN=C(NCc1ccc(S(C)(=O)=O)cc1)N1CCN(Cc2ccccc2)CC1.I. The quantitative estimate of drug-likeness (QED) is 0.368. The zero-order chi connectivity index (χ0) is 20.0. The molecule has 2 aromatic carbocycles. The van der Waals surface area contributed by atoms with E-state index in [-0.39, 0.29) is 24.0 Å². The molecule has 1 fully saturated rings. The number of hydrogen-bond acceptors (Lipinski definition) is 4. The number of nitrogens with one attached hydrogen (secondary N) is 1. The van der Waals surface area contributed by atoms with Crippen molar-refractivity contribution in [2.75, 3.05) is 39.5 Å². The maximum atomic E-state index is 11.6. The van der Waals surface area contributed by atoms with Crippen LogP contribution < -0.4 is 5.32 Å². The molecule has 1 aliphatic heterocycles. The lowest BCUT2D eigenvalue weighted by Crippen LogP contribution is -2.52. The Bertz CT molecular complexity index is 894. The fourth-order valence-corrected chi connectivity index (χ4v) is 3.96. The van der Waals surface area contributed by atoms with Crippen molar-refractivity contribution in [3.63, 3.8) is 0 Å². The minimum atomic E-state index is -3.16. The Kier molecular flexibility index (Phi) is 8.91. The maximum absolute atomic E-state index is 11.6. The second-order valence-corrected chi connectivity index (χ2v) is 9.08. The zero-order valence-electron chi connectivity index (χ0n) is 16.9. The van der Waals surface area contributed by atoms with Crippen LogP contribution in [0.2, 0.25) is 0 Å². The number of piperazine rings is 1. The van der Waals surface area contributed by atoms with Crippen molar-refractivity contribution in [1.82, 2.24) is 15.1 Å². The van der Waals surface area contributed by atoms with Crippen LogP contribution in [0.4, 0.5) is 0 Å². The molecule has 0 radical (unpaired) electrons. The summed E-state index contributed by atoms with van der Waals surface area (Å²) in [7, 11) is -1.36. The summed E-state index contributed by atoms with van der Waals surface area (Å²) in [6.45, 7) is 5.45. The molecular weight excluding hydrogens is 499 g/mol. The molecule has 158 valence electrons. The topological polar surface area (TPSA) is 65.0 Å². The monoisotopic (exact) mass is 528 g/mol. The van der Waals surface area contributed by atoms with Crippen LogP contribution in [-0.4, -0.2) is 63.7 Å². The maximum Gasteiger partial charge on any atom is 0.194 e. The molecule has 3 rings (SSSR count). The van der Waals surface area contributed by atoms with Crippen molar-refractivity contribution in [1.29, 1.82) is 0 Å². The van der Waals surface area contributed by atoms with E-state index in [0.717, 1.165) is 44.2 Å². The lowest BCUT2D eigenvalue weighted by molar-refractivity contribution is 0.172. The van der Waals surface area contributed by atoms with Crippen LogP contribution in [0.15, 0.2) is 64.5 Å². The van der Waals surface area contributed by atoms with E-state index in [0.29, 0.717) is 11.4 Å². The van der Waals surface area contributed by atoms with Gasteiger partial charge in [-0.3, -0.25) is 9.89 Å². The van der Waals surface area contributed by atoms with E-state index in [9.17, 15) is 8.42 Å². The minimum absolute atomic E-state index is 0. The lowest BCUT2D eigenvalue weighted by Gasteiger charge is -2.36. The Labute approximate surface area is 191 Å². The van der Waals surface area contributed by atoms with Crippen LogP contribution >= 0.6 is 24.0 Å². The first-order chi connectivity index (χ1) is 13.5. The van der Waals surface area contributed by atoms with Gasteiger partial charge in [-0.15, -0.1) is 24.0 Å². The lowest BCUT2D eigenvalue weighted by atomic mass is 10.2. The summed E-state index contributed by atoms with van der Waals surface area (Å²) >= 11 is 0. The van der Waals surface area contributed by atoms with Gasteiger partial charge in [0, 0.05) is 52.6 Å². The molecule has 1 aliphatic rings. The van der Waals surface area contributed by atoms with Crippen LogP contribution in [0, 0.1) is 0 Å². The number of aliphatic imine (C=N–C) groups is 1. The molecule has 0 aromatic heterocycles. The van der Waals surface area contributed by atoms with E-state index >= 15 is 0 Å². The van der Waals surface area contributed by atoms with Crippen molar-refractivity contribution in [3.05, 3.63) is 65.7 Å². The highest BCUT2D eigenvalue weighted by Gasteiger charge is 2.19. The summed E-state index contributed by atoms with van der Waals surface area (Å²) in [5.41, 5.74) is 2.37. The van der Waals surface area contributed by atoms with Crippen LogP contribution in [0.1, 0.15) is 11.1 Å². The Balaban J connectivity index is 0.00000300. The van der Waals surface area contributed by atoms with Gasteiger partial charge in [-0.1, -0.05) is 42.5 Å². The molecular formula is C21H29IN4O2S. The van der Waals surface area contributed by atoms with Gasteiger partial charge in [-0.05, 0) is 23.3 Å². The predicted molar refractivity (Wildman–Crippen MR) is 128 cm³/mol. The highest BCUT2D eigenvalue weighted by Crippen LogP contribution is 2.11. The molecule has 0 amide bonds. The number of halogens is 1. The van der Waals surface area contributed by atoms with E-state index < -0.39 is 9.84 Å². The molecule has 0 unspecified atom stereocenters. The normalized spacial score (nSPS) is 15.7. The standard InChI is InChI=1S/C21H28N4O2S.HI/c1-22-21(23-16-18-8-10-20(11-9-18)28(2,26)27)25-14-12-24(13-15-25)17-19-6-4-3-5-7-19;/h3-11H,12-17H2,1-2H3,(H,22,23);1H. The van der Waals surface area contributed by atoms with Crippen molar-refractivity contribution < 1.29 is 8.42 Å². The van der Waals surface area contributed by atoms with Crippen LogP contribution in [0.25, 0.3) is 0 Å². The Morgan fingerprint density at radius 2 is 1.59 bits per heavy atom. The average molecular weight is 528 g/mol. The van der Waals surface area contributed by atoms with Crippen molar-refractivity contribution in [2.45, 2.75) is 18.0 Å². The number of guanidine groups is 1. The van der Waals surface area contributed by atoms with Gasteiger partial charge >= 0.3 is 0 Å². The first kappa shape index (κ1) is 23.6. The molecule has 1 heterocycles. The highest BCUT2D eigenvalue weighted by molar-refractivity contribution is 14.0. The molecule has 1 saturated heterocycles. The number of benzene rings is 2. The molecule has 0 saturated carbocycles. The van der Waals surface area contributed by atoms with Crippen LogP contribution in [-0.2, 0) is 22.9 Å². The minimum Gasteiger partial charge on any atom is -0.352 e. The number of nitrogens with zero attached hydrogens (tertiary/aromatic N) is 3.